The second-order valence-electron chi connectivity index (χ2n) is 5.48. The molecule has 0 unspecified atom stereocenters. The van der Waals surface area contributed by atoms with Crippen LogP contribution in [0.25, 0.3) is 11.0 Å². The van der Waals surface area contributed by atoms with Crippen LogP contribution in [-0.2, 0) is 11.2 Å². The maximum absolute atomic E-state index is 12.6. The molecule has 0 radical (unpaired) electrons. The van der Waals surface area contributed by atoms with Crippen LogP contribution in [-0.4, -0.2) is 42.5 Å². The van der Waals surface area contributed by atoms with E-state index in [1.807, 2.05) is 22.7 Å². The lowest BCUT2D eigenvalue weighted by Gasteiger charge is -2.20. The van der Waals surface area contributed by atoms with Crippen LogP contribution in [0.5, 0.6) is 5.75 Å². The summed E-state index contributed by atoms with van der Waals surface area (Å²) in [7, 11) is 1.56. The first kappa shape index (κ1) is 15.9. The monoisotopic (exact) mass is 333 g/mol. The third-order valence-electron chi connectivity index (χ3n) is 3.95. The molecule has 5 nitrogen and oxygen atoms in total. The first-order valence-corrected chi connectivity index (χ1v) is 8.79. The predicted octanol–water partition coefficient (Wildman–Crippen LogP) is 2.31. The number of amides is 1. The molecule has 1 aliphatic heterocycles. The highest BCUT2D eigenvalue weighted by Crippen LogP contribution is 2.23. The molecule has 1 saturated heterocycles. The van der Waals surface area contributed by atoms with E-state index < -0.39 is 5.63 Å². The van der Waals surface area contributed by atoms with Crippen LogP contribution in [0.2, 0.25) is 0 Å². The van der Waals surface area contributed by atoms with Crippen molar-refractivity contribution in [1.82, 2.24) is 4.90 Å². The highest BCUT2D eigenvalue weighted by Gasteiger charge is 2.18. The summed E-state index contributed by atoms with van der Waals surface area (Å²) in [4.78, 5) is 26.2. The molecule has 2 aromatic rings. The normalized spacial score (nSPS) is 15.4. The fourth-order valence-electron chi connectivity index (χ4n) is 2.75. The molecule has 1 amide bonds. The van der Waals surface area contributed by atoms with Crippen LogP contribution >= 0.6 is 11.8 Å². The van der Waals surface area contributed by atoms with Gasteiger partial charge in [-0.3, -0.25) is 4.79 Å². The van der Waals surface area contributed by atoms with Gasteiger partial charge in [0.25, 0.3) is 0 Å². The van der Waals surface area contributed by atoms with Crippen LogP contribution in [0, 0.1) is 0 Å². The Hall–Kier alpha value is -1.95. The van der Waals surface area contributed by atoms with Crippen molar-refractivity contribution >= 4 is 28.6 Å². The number of hydrogen-bond donors (Lipinski definition) is 0. The summed E-state index contributed by atoms with van der Waals surface area (Å²) in [6, 6.07) is 6.73. The van der Waals surface area contributed by atoms with Crippen molar-refractivity contribution < 1.29 is 13.9 Å². The van der Waals surface area contributed by atoms with Gasteiger partial charge in [0.2, 0.25) is 5.91 Å². The lowest BCUT2D eigenvalue weighted by molar-refractivity contribution is -0.130. The SMILES string of the molecule is COc1ccc2c(CC(=O)N3CCCSCC3)cc(=O)oc2c1. The zero-order valence-corrected chi connectivity index (χ0v) is 13.9. The van der Waals surface area contributed by atoms with Gasteiger partial charge in [-0.2, -0.15) is 11.8 Å². The van der Waals surface area contributed by atoms with Gasteiger partial charge in [0.05, 0.1) is 13.5 Å². The average Bonchev–Trinajstić information content (AvgIpc) is 2.83. The molecule has 23 heavy (non-hydrogen) atoms. The van der Waals surface area contributed by atoms with Crippen molar-refractivity contribution in [2.24, 2.45) is 0 Å². The minimum Gasteiger partial charge on any atom is -0.497 e. The fourth-order valence-corrected chi connectivity index (χ4v) is 3.64. The molecule has 3 rings (SSSR count). The minimum atomic E-state index is -0.444. The summed E-state index contributed by atoms with van der Waals surface area (Å²) in [6.07, 6.45) is 1.24. The van der Waals surface area contributed by atoms with E-state index in [0.717, 1.165) is 36.4 Å². The van der Waals surface area contributed by atoms with Gasteiger partial charge in [0, 0.05) is 36.4 Å². The summed E-state index contributed by atoms with van der Waals surface area (Å²) in [6.45, 7) is 1.57. The van der Waals surface area contributed by atoms with E-state index in [2.05, 4.69) is 0 Å². The molecule has 0 spiro atoms. The number of fused-ring (bicyclic) bond motifs is 1. The van der Waals surface area contributed by atoms with Gasteiger partial charge < -0.3 is 14.1 Å². The van der Waals surface area contributed by atoms with Crippen LogP contribution < -0.4 is 10.4 Å². The molecule has 2 heterocycles. The molecular weight excluding hydrogens is 314 g/mol. The summed E-state index contributed by atoms with van der Waals surface area (Å²) in [5.74, 6) is 2.76. The van der Waals surface area contributed by atoms with E-state index in [1.165, 1.54) is 6.07 Å². The molecule has 0 N–H and O–H groups in total. The molecule has 0 saturated carbocycles. The number of carbonyl (C=O) groups excluding carboxylic acids is 1. The Morgan fingerprint density at radius 2 is 2.17 bits per heavy atom. The predicted molar refractivity (Wildman–Crippen MR) is 91.3 cm³/mol. The van der Waals surface area contributed by atoms with Crippen molar-refractivity contribution in [3.05, 3.63) is 40.2 Å². The highest BCUT2D eigenvalue weighted by molar-refractivity contribution is 7.99. The standard InChI is InChI=1S/C17H19NO4S/c1-21-13-3-4-14-12(10-17(20)22-15(14)11-13)9-16(19)18-5-2-7-23-8-6-18/h3-4,10-11H,2,5-9H2,1H3. The molecule has 1 aliphatic rings. The Bertz CT molecular complexity index is 763. The van der Waals surface area contributed by atoms with Gasteiger partial charge in [-0.25, -0.2) is 4.79 Å². The quantitative estimate of drug-likeness (QED) is 0.807. The van der Waals surface area contributed by atoms with Crippen LogP contribution in [0.4, 0.5) is 0 Å². The maximum Gasteiger partial charge on any atom is 0.336 e. The number of nitrogens with zero attached hydrogens (tertiary/aromatic N) is 1. The number of methoxy groups -OCH3 is 1. The van der Waals surface area contributed by atoms with E-state index in [4.69, 9.17) is 9.15 Å². The van der Waals surface area contributed by atoms with E-state index in [9.17, 15) is 9.59 Å². The third kappa shape index (κ3) is 3.69. The Labute approximate surface area is 138 Å². The van der Waals surface area contributed by atoms with E-state index >= 15 is 0 Å². The molecule has 0 atom stereocenters. The van der Waals surface area contributed by atoms with Gasteiger partial charge in [0.15, 0.2) is 0 Å². The number of benzene rings is 1. The van der Waals surface area contributed by atoms with Gasteiger partial charge in [-0.1, -0.05) is 0 Å². The van der Waals surface area contributed by atoms with Crippen molar-refractivity contribution in [2.75, 3.05) is 31.7 Å². The number of carbonyl (C=O) groups is 1. The average molecular weight is 333 g/mol. The zero-order valence-electron chi connectivity index (χ0n) is 13.0. The lowest BCUT2D eigenvalue weighted by atomic mass is 10.1. The highest BCUT2D eigenvalue weighted by atomic mass is 32.2. The molecule has 0 bridgehead atoms. The number of ether oxygens (including phenoxy) is 1. The number of hydrogen-bond acceptors (Lipinski definition) is 5. The molecular formula is C17H19NO4S. The summed E-state index contributed by atoms with van der Waals surface area (Å²) >= 11 is 1.88. The van der Waals surface area contributed by atoms with E-state index in [0.29, 0.717) is 16.9 Å². The smallest absolute Gasteiger partial charge is 0.336 e. The Morgan fingerprint density at radius 3 is 3.00 bits per heavy atom. The van der Waals surface area contributed by atoms with Gasteiger partial charge in [-0.05, 0) is 29.9 Å². The molecule has 0 aliphatic carbocycles. The minimum absolute atomic E-state index is 0.0650. The molecule has 122 valence electrons. The number of thioether (sulfide) groups is 1. The Balaban J connectivity index is 1.89. The molecule has 1 fully saturated rings. The molecule has 6 heteroatoms. The third-order valence-corrected chi connectivity index (χ3v) is 5.00. The van der Waals surface area contributed by atoms with Crippen LogP contribution in [0.1, 0.15) is 12.0 Å². The van der Waals surface area contributed by atoms with Crippen molar-refractivity contribution in [1.29, 1.82) is 0 Å². The summed E-state index contributed by atoms with van der Waals surface area (Å²) < 4.78 is 10.4. The Morgan fingerprint density at radius 1 is 1.30 bits per heavy atom. The van der Waals surface area contributed by atoms with Crippen molar-refractivity contribution in [2.45, 2.75) is 12.8 Å². The first-order chi connectivity index (χ1) is 11.2. The van der Waals surface area contributed by atoms with Gasteiger partial charge in [-0.15, -0.1) is 0 Å². The molecule has 1 aromatic carbocycles. The van der Waals surface area contributed by atoms with Gasteiger partial charge >= 0.3 is 5.63 Å². The maximum atomic E-state index is 12.6. The Kier molecular flexibility index (Phi) is 4.91. The topological polar surface area (TPSA) is 59.8 Å². The van der Waals surface area contributed by atoms with Crippen LogP contribution in [0.15, 0.2) is 33.5 Å². The van der Waals surface area contributed by atoms with Gasteiger partial charge in [0.1, 0.15) is 11.3 Å². The second-order valence-corrected chi connectivity index (χ2v) is 6.70. The largest absolute Gasteiger partial charge is 0.497 e. The summed E-state index contributed by atoms with van der Waals surface area (Å²) in [5.41, 5.74) is 0.715. The molecule has 1 aromatic heterocycles. The number of rotatable bonds is 3. The van der Waals surface area contributed by atoms with Crippen molar-refractivity contribution in [3.8, 4) is 5.75 Å². The fraction of sp³-hybridized carbons (Fsp3) is 0.412. The first-order valence-electron chi connectivity index (χ1n) is 7.63. The lowest BCUT2D eigenvalue weighted by Crippen LogP contribution is -2.34. The zero-order chi connectivity index (χ0) is 16.2. The van der Waals surface area contributed by atoms with E-state index in [1.54, 1.807) is 19.2 Å². The van der Waals surface area contributed by atoms with E-state index in [-0.39, 0.29) is 12.3 Å². The second kappa shape index (κ2) is 7.08. The van der Waals surface area contributed by atoms with Crippen molar-refractivity contribution in [3.63, 3.8) is 0 Å². The summed E-state index contributed by atoms with van der Waals surface area (Å²) in [5, 5.41) is 0.781. The van der Waals surface area contributed by atoms with Crippen LogP contribution in [0.3, 0.4) is 0 Å².